The van der Waals surface area contributed by atoms with E-state index < -0.39 is 8.25 Å². The molecule has 1 unspecified atom stereocenters. The topological polar surface area (TPSA) is 49.4 Å². The van der Waals surface area contributed by atoms with Gasteiger partial charge in [-0.15, -0.1) is 4.52 Å². The standard InChI is InChI=1S/C18H37O3P.C18H37.Ni/c1-2-3-4-5-6-7-8-9-10-11-12-13-14-15-16-17-18-21-22(19)20;1-3-5-7-9-11-13-15-17-18-16-14-12-10-8-6-4-2;/h2-18H2,1H3;1,3-18H2,2H3;/q;-1;+2. The Morgan fingerprint density at radius 1 is 0.439 bits per heavy atom. The molecule has 0 aliphatic heterocycles. The summed E-state index contributed by atoms with van der Waals surface area (Å²) in [7, 11) is -2.64. The molecule has 0 fully saturated rings. The van der Waals surface area contributed by atoms with Gasteiger partial charge in [-0.1, -0.05) is 206 Å². The van der Waals surface area contributed by atoms with Gasteiger partial charge in [0, 0.05) is 0 Å². The molecule has 1 atom stereocenters. The molecule has 0 saturated carbocycles. The largest absolute Gasteiger partial charge is 2.00 e. The zero-order valence-corrected chi connectivity index (χ0v) is 29.9. The summed E-state index contributed by atoms with van der Waals surface area (Å²) in [4.78, 5) is 10.2. The molecule has 0 spiro atoms. The Morgan fingerprint density at radius 3 is 0.878 bits per heavy atom. The van der Waals surface area contributed by atoms with Crippen LogP contribution in [0.1, 0.15) is 219 Å². The number of rotatable bonds is 33. The minimum atomic E-state index is -2.64. The van der Waals surface area contributed by atoms with Crippen LogP contribution < -0.4 is 4.89 Å². The van der Waals surface area contributed by atoms with Crippen molar-refractivity contribution >= 4 is 8.25 Å². The normalized spacial score (nSPS) is 11.2. The average molecular weight is 645 g/mol. The molecule has 0 aliphatic rings. The van der Waals surface area contributed by atoms with E-state index in [0.717, 1.165) is 19.3 Å². The van der Waals surface area contributed by atoms with Gasteiger partial charge in [0.05, 0.1) is 0 Å². The predicted octanol–water partition coefficient (Wildman–Crippen LogP) is 13.4. The first-order valence-electron chi connectivity index (χ1n) is 18.3. The summed E-state index contributed by atoms with van der Waals surface area (Å²) in [6.45, 7) is 8.80. The van der Waals surface area contributed by atoms with Crippen molar-refractivity contribution in [3.63, 3.8) is 0 Å². The Balaban J connectivity index is -0.000000701. The first kappa shape index (κ1) is 45.9. The first-order valence-corrected chi connectivity index (χ1v) is 19.3. The SMILES string of the molecule is CCCCCCCCCCCCCCCCCCO[P+](=O)[O-].[CH2-]CCCCCCCCCCCCCCCCC.[Ni+2]. The van der Waals surface area contributed by atoms with E-state index in [4.69, 9.17) is 0 Å². The summed E-state index contributed by atoms with van der Waals surface area (Å²) in [5.41, 5.74) is 0. The smallest absolute Gasteiger partial charge is 0.566 e. The van der Waals surface area contributed by atoms with Crippen LogP contribution in [0, 0.1) is 6.92 Å². The van der Waals surface area contributed by atoms with Crippen LogP contribution in [0.2, 0.25) is 0 Å². The molecule has 0 heterocycles. The van der Waals surface area contributed by atoms with Crippen molar-refractivity contribution in [2.45, 2.75) is 219 Å². The van der Waals surface area contributed by atoms with Crippen molar-refractivity contribution in [3.05, 3.63) is 6.92 Å². The Kier molecular flexibility index (Phi) is 50.4. The molecule has 0 N–H and O–H groups in total. The van der Waals surface area contributed by atoms with Gasteiger partial charge in [-0.25, -0.2) is 0 Å². The van der Waals surface area contributed by atoms with Crippen molar-refractivity contribution in [1.82, 2.24) is 0 Å². The van der Waals surface area contributed by atoms with Gasteiger partial charge >= 0.3 is 24.7 Å². The Bertz CT molecular complexity index is 435. The molecule has 0 aromatic carbocycles. The third kappa shape index (κ3) is 50.4. The molecule has 0 aromatic rings. The third-order valence-electron chi connectivity index (χ3n) is 8.05. The van der Waals surface area contributed by atoms with E-state index in [-0.39, 0.29) is 16.5 Å². The fourth-order valence-corrected chi connectivity index (χ4v) is 5.62. The van der Waals surface area contributed by atoms with E-state index in [1.807, 2.05) is 0 Å². The monoisotopic (exact) mass is 643 g/mol. The van der Waals surface area contributed by atoms with Gasteiger partial charge in [0.25, 0.3) is 0 Å². The number of unbranched alkanes of at least 4 members (excludes halogenated alkanes) is 30. The maximum atomic E-state index is 10.2. The number of hydrogen-bond acceptors (Lipinski definition) is 3. The van der Waals surface area contributed by atoms with Crippen LogP contribution in [0.5, 0.6) is 0 Å². The van der Waals surface area contributed by atoms with Crippen molar-refractivity contribution in [3.8, 4) is 0 Å². The van der Waals surface area contributed by atoms with Crippen LogP contribution in [-0.4, -0.2) is 6.61 Å². The summed E-state index contributed by atoms with van der Waals surface area (Å²) in [5, 5.41) is 0. The second kappa shape index (κ2) is 44.9. The zero-order chi connectivity index (χ0) is 29.6. The molecular formula is C36H74NiO3P+. The maximum absolute atomic E-state index is 10.2. The third-order valence-corrected chi connectivity index (χ3v) is 8.44. The summed E-state index contributed by atoms with van der Waals surface area (Å²) in [6, 6.07) is 0. The van der Waals surface area contributed by atoms with Crippen molar-refractivity contribution < 1.29 is 30.5 Å². The van der Waals surface area contributed by atoms with Crippen LogP contribution in [0.15, 0.2) is 0 Å². The van der Waals surface area contributed by atoms with Crippen LogP contribution >= 0.6 is 8.25 Å². The van der Waals surface area contributed by atoms with Gasteiger partial charge in [0.15, 0.2) is 0 Å². The van der Waals surface area contributed by atoms with Gasteiger partial charge in [0.1, 0.15) is 6.61 Å². The summed E-state index contributed by atoms with van der Waals surface area (Å²) in [5.74, 6) is 0. The molecule has 250 valence electrons. The van der Waals surface area contributed by atoms with E-state index in [2.05, 4.69) is 25.3 Å². The van der Waals surface area contributed by atoms with Gasteiger partial charge < -0.3 is 11.8 Å². The van der Waals surface area contributed by atoms with E-state index in [1.54, 1.807) is 0 Å². The summed E-state index contributed by atoms with van der Waals surface area (Å²) >= 11 is 0. The van der Waals surface area contributed by atoms with Crippen LogP contribution in [0.3, 0.4) is 0 Å². The second-order valence-electron chi connectivity index (χ2n) is 12.2. The van der Waals surface area contributed by atoms with Crippen molar-refractivity contribution in [2.24, 2.45) is 0 Å². The fourth-order valence-electron chi connectivity index (χ4n) is 5.34. The summed E-state index contributed by atoms with van der Waals surface area (Å²) < 4.78 is 14.7. The minimum absolute atomic E-state index is 0. The quantitative estimate of drug-likeness (QED) is 0.0309. The van der Waals surface area contributed by atoms with Gasteiger partial charge in [-0.3, -0.25) is 0 Å². The summed E-state index contributed by atoms with van der Waals surface area (Å²) in [6.07, 6.45) is 44.0. The van der Waals surface area contributed by atoms with Gasteiger partial charge in [-0.2, -0.15) is 6.42 Å². The molecule has 0 radical (unpaired) electrons. The minimum Gasteiger partial charge on any atom is -0.566 e. The predicted molar refractivity (Wildman–Crippen MR) is 178 cm³/mol. The van der Waals surface area contributed by atoms with Crippen LogP contribution in [0.4, 0.5) is 0 Å². The Hall–Kier alpha value is 0.514. The molecule has 0 rings (SSSR count). The molecule has 0 aromatic heterocycles. The maximum Gasteiger partial charge on any atom is 2.00 e. The van der Waals surface area contributed by atoms with Gasteiger partial charge in [0.2, 0.25) is 0 Å². The molecule has 3 nitrogen and oxygen atoms in total. The first-order chi connectivity index (χ1) is 19.7. The van der Waals surface area contributed by atoms with E-state index in [0.29, 0.717) is 6.61 Å². The van der Waals surface area contributed by atoms with E-state index in [1.165, 1.54) is 186 Å². The molecule has 0 aliphatic carbocycles. The second-order valence-corrected chi connectivity index (χ2v) is 12.9. The Labute approximate surface area is 270 Å². The van der Waals surface area contributed by atoms with Crippen LogP contribution in [0.25, 0.3) is 0 Å². The molecule has 41 heavy (non-hydrogen) atoms. The molecule has 0 amide bonds. The number of hydrogen-bond donors (Lipinski definition) is 0. The zero-order valence-electron chi connectivity index (χ0n) is 28.0. The van der Waals surface area contributed by atoms with Crippen molar-refractivity contribution in [1.29, 1.82) is 0 Å². The average Bonchev–Trinajstić information content (AvgIpc) is 2.95. The van der Waals surface area contributed by atoms with E-state index in [9.17, 15) is 9.46 Å². The van der Waals surface area contributed by atoms with E-state index >= 15 is 0 Å². The fraction of sp³-hybridized carbons (Fsp3) is 0.972. The molecule has 0 saturated heterocycles. The van der Waals surface area contributed by atoms with Crippen LogP contribution in [-0.2, 0) is 25.6 Å². The molecule has 5 heteroatoms. The molecule has 0 bridgehead atoms. The van der Waals surface area contributed by atoms with Crippen molar-refractivity contribution in [2.75, 3.05) is 6.61 Å². The Morgan fingerprint density at radius 2 is 0.659 bits per heavy atom. The molecular weight excluding hydrogens is 570 g/mol. The van der Waals surface area contributed by atoms with Gasteiger partial charge in [-0.05, 0) is 11.0 Å².